The first-order valence-electron chi connectivity index (χ1n) is 7.23. The summed E-state index contributed by atoms with van der Waals surface area (Å²) in [5, 5.41) is 16.1. The minimum atomic E-state index is -0.796. The quantitative estimate of drug-likeness (QED) is 0.629. The van der Waals surface area contributed by atoms with Crippen LogP contribution in [0.2, 0.25) is 5.02 Å². The molecule has 3 N–H and O–H groups in total. The summed E-state index contributed by atoms with van der Waals surface area (Å²) in [6.45, 7) is 0.353. The van der Waals surface area contributed by atoms with E-state index in [4.69, 9.17) is 16.0 Å². The number of halogens is 1. The zero-order valence-electron chi connectivity index (χ0n) is 12.5. The lowest BCUT2D eigenvalue weighted by molar-refractivity contribution is 0.193. The average molecular weight is 363 g/mol. The molecule has 2 amide bonds. The van der Waals surface area contributed by atoms with Gasteiger partial charge in [0.05, 0.1) is 23.5 Å². The molecule has 0 spiro atoms. The van der Waals surface area contributed by atoms with E-state index in [1.807, 2.05) is 12.1 Å². The summed E-state index contributed by atoms with van der Waals surface area (Å²) in [6.07, 6.45) is 0.726. The summed E-state index contributed by atoms with van der Waals surface area (Å²) >= 11 is 7.41. The van der Waals surface area contributed by atoms with Crippen molar-refractivity contribution in [3.63, 3.8) is 0 Å². The number of hydrogen-bond acceptors (Lipinski definition) is 4. The Morgan fingerprint density at radius 2 is 2.04 bits per heavy atom. The van der Waals surface area contributed by atoms with Crippen molar-refractivity contribution in [2.75, 3.05) is 5.32 Å². The standard InChI is InChI=1S/C17H15ClN2O3S/c18-12-4-1-2-5-13(12)20-17(22)19-10-11-7-8-15(24-11)16(21)14-6-3-9-23-14/h1-9,16,21H,10H2,(H2,19,20,22)/t16-/m0/s1. The van der Waals surface area contributed by atoms with Crippen LogP contribution in [-0.2, 0) is 6.54 Å². The second-order valence-corrected chi connectivity index (χ2v) is 6.62. The molecule has 0 bridgehead atoms. The third kappa shape index (κ3) is 3.97. The second-order valence-electron chi connectivity index (χ2n) is 5.01. The average Bonchev–Trinajstić information content (AvgIpc) is 3.26. The number of nitrogens with one attached hydrogen (secondary N) is 2. The van der Waals surface area contributed by atoms with E-state index in [2.05, 4.69) is 10.6 Å². The molecule has 24 heavy (non-hydrogen) atoms. The van der Waals surface area contributed by atoms with Crippen LogP contribution in [0.3, 0.4) is 0 Å². The molecule has 1 aromatic carbocycles. The molecule has 0 aliphatic carbocycles. The van der Waals surface area contributed by atoms with Gasteiger partial charge in [0, 0.05) is 9.75 Å². The highest BCUT2D eigenvalue weighted by Crippen LogP contribution is 2.28. The van der Waals surface area contributed by atoms with E-state index >= 15 is 0 Å². The molecule has 0 aliphatic heterocycles. The molecule has 0 aliphatic rings. The number of aliphatic hydroxyl groups excluding tert-OH is 1. The van der Waals surface area contributed by atoms with Crippen LogP contribution in [0.15, 0.2) is 59.2 Å². The van der Waals surface area contributed by atoms with Gasteiger partial charge in [-0.2, -0.15) is 0 Å². The fourth-order valence-electron chi connectivity index (χ4n) is 2.12. The Balaban J connectivity index is 1.55. The molecule has 0 unspecified atom stereocenters. The summed E-state index contributed by atoms with van der Waals surface area (Å²) in [7, 11) is 0. The lowest BCUT2D eigenvalue weighted by atomic mass is 10.2. The molecule has 3 aromatic rings. The highest BCUT2D eigenvalue weighted by molar-refractivity contribution is 7.12. The number of para-hydroxylation sites is 1. The van der Waals surface area contributed by atoms with Gasteiger partial charge in [-0.15, -0.1) is 11.3 Å². The monoisotopic (exact) mass is 362 g/mol. The Morgan fingerprint density at radius 3 is 2.79 bits per heavy atom. The van der Waals surface area contributed by atoms with Crippen molar-refractivity contribution < 1.29 is 14.3 Å². The van der Waals surface area contributed by atoms with E-state index in [1.54, 1.807) is 36.4 Å². The predicted molar refractivity (Wildman–Crippen MR) is 94.4 cm³/mol. The van der Waals surface area contributed by atoms with Crippen LogP contribution in [0.4, 0.5) is 10.5 Å². The number of furan rings is 1. The molecule has 1 atom stereocenters. The van der Waals surface area contributed by atoms with E-state index in [0.29, 0.717) is 23.0 Å². The van der Waals surface area contributed by atoms with Crippen molar-refractivity contribution in [1.29, 1.82) is 0 Å². The van der Waals surface area contributed by atoms with Crippen LogP contribution >= 0.6 is 22.9 Å². The largest absolute Gasteiger partial charge is 0.466 e. The van der Waals surface area contributed by atoms with Crippen LogP contribution in [0.25, 0.3) is 0 Å². The van der Waals surface area contributed by atoms with Crippen LogP contribution in [0.5, 0.6) is 0 Å². The van der Waals surface area contributed by atoms with E-state index < -0.39 is 6.10 Å². The van der Waals surface area contributed by atoms with Gasteiger partial charge in [0.25, 0.3) is 0 Å². The molecule has 7 heteroatoms. The number of urea groups is 1. The predicted octanol–water partition coefficient (Wildman–Crippen LogP) is 4.40. The lowest BCUT2D eigenvalue weighted by Crippen LogP contribution is -2.27. The highest BCUT2D eigenvalue weighted by atomic mass is 35.5. The molecule has 2 aromatic heterocycles. The van der Waals surface area contributed by atoms with Crippen LogP contribution in [-0.4, -0.2) is 11.1 Å². The number of hydrogen-bond donors (Lipinski definition) is 3. The molecular weight excluding hydrogens is 348 g/mol. The molecule has 0 saturated heterocycles. The van der Waals surface area contributed by atoms with Crippen LogP contribution < -0.4 is 10.6 Å². The highest BCUT2D eigenvalue weighted by Gasteiger charge is 2.15. The minimum Gasteiger partial charge on any atom is -0.466 e. The molecule has 2 heterocycles. The summed E-state index contributed by atoms with van der Waals surface area (Å²) in [6, 6.07) is 13.8. The van der Waals surface area contributed by atoms with E-state index in [1.165, 1.54) is 17.6 Å². The van der Waals surface area contributed by atoms with E-state index in [-0.39, 0.29) is 6.03 Å². The first-order chi connectivity index (χ1) is 11.6. The fraction of sp³-hybridized carbons (Fsp3) is 0.118. The van der Waals surface area contributed by atoms with Crippen molar-refractivity contribution in [3.8, 4) is 0 Å². The van der Waals surface area contributed by atoms with Gasteiger partial charge in [-0.3, -0.25) is 0 Å². The van der Waals surface area contributed by atoms with E-state index in [0.717, 1.165) is 9.75 Å². The van der Waals surface area contributed by atoms with Gasteiger partial charge < -0.3 is 20.2 Å². The zero-order valence-corrected chi connectivity index (χ0v) is 14.1. The Hall–Kier alpha value is -2.28. The maximum absolute atomic E-state index is 11.9. The topological polar surface area (TPSA) is 74.5 Å². The molecule has 0 radical (unpaired) electrons. The third-order valence-corrected chi connectivity index (χ3v) is 4.78. The number of benzene rings is 1. The van der Waals surface area contributed by atoms with Gasteiger partial charge in [0.2, 0.25) is 0 Å². The fourth-order valence-corrected chi connectivity index (χ4v) is 3.25. The summed E-state index contributed by atoms with van der Waals surface area (Å²) in [5.41, 5.74) is 0.553. The lowest BCUT2D eigenvalue weighted by Gasteiger charge is -2.08. The van der Waals surface area contributed by atoms with E-state index in [9.17, 15) is 9.90 Å². The first kappa shape index (κ1) is 16.6. The van der Waals surface area contributed by atoms with Gasteiger partial charge in [-0.05, 0) is 36.4 Å². The molecule has 124 valence electrons. The van der Waals surface area contributed by atoms with Gasteiger partial charge >= 0.3 is 6.03 Å². The summed E-state index contributed by atoms with van der Waals surface area (Å²) in [5.74, 6) is 0.493. The second kappa shape index (κ2) is 7.53. The van der Waals surface area contributed by atoms with Crippen molar-refractivity contribution in [2.45, 2.75) is 12.6 Å². The number of carbonyl (C=O) groups is 1. The van der Waals surface area contributed by atoms with Crippen molar-refractivity contribution in [2.24, 2.45) is 0 Å². The maximum atomic E-state index is 11.9. The van der Waals surface area contributed by atoms with Gasteiger partial charge in [-0.25, -0.2) is 4.79 Å². The Kier molecular flexibility index (Phi) is 5.20. The molecule has 0 saturated carbocycles. The number of anilines is 1. The summed E-state index contributed by atoms with van der Waals surface area (Å²) < 4.78 is 5.20. The van der Waals surface area contributed by atoms with Gasteiger partial charge in [0.15, 0.2) is 0 Å². The third-order valence-electron chi connectivity index (χ3n) is 3.31. The Bertz CT molecular complexity index is 817. The minimum absolute atomic E-state index is 0.343. The zero-order chi connectivity index (χ0) is 16.9. The normalized spacial score (nSPS) is 11.9. The summed E-state index contributed by atoms with van der Waals surface area (Å²) in [4.78, 5) is 13.6. The van der Waals surface area contributed by atoms with Crippen molar-refractivity contribution in [3.05, 3.63) is 75.3 Å². The SMILES string of the molecule is O=C(NCc1ccc([C@@H](O)c2ccco2)s1)Nc1ccccc1Cl. The number of aliphatic hydroxyl groups is 1. The Labute approximate surface area is 147 Å². The first-order valence-corrected chi connectivity index (χ1v) is 8.42. The van der Waals surface area contributed by atoms with Crippen LogP contribution in [0, 0.1) is 0 Å². The molecule has 0 fully saturated rings. The van der Waals surface area contributed by atoms with Gasteiger partial charge in [-0.1, -0.05) is 23.7 Å². The smallest absolute Gasteiger partial charge is 0.319 e. The van der Waals surface area contributed by atoms with Gasteiger partial charge in [0.1, 0.15) is 11.9 Å². The number of carbonyl (C=O) groups excluding carboxylic acids is 1. The molecular formula is C17H15ClN2O3S. The molecule has 5 nitrogen and oxygen atoms in total. The number of amides is 2. The number of rotatable bonds is 5. The van der Waals surface area contributed by atoms with Crippen molar-refractivity contribution >= 4 is 34.7 Å². The molecule has 3 rings (SSSR count). The van der Waals surface area contributed by atoms with Crippen molar-refractivity contribution in [1.82, 2.24) is 5.32 Å². The maximum Gasteiger partial charge on any atom is 0.319 e. The van der Waals surface area contributed by atoms with Crippen LogP contribution in [0.1, 0.15) is 21.6 Å². The Morgan fingerprint density at radius 1 is 1.21 bits per heavy atom. The number of thiophene rings is 1.